The summed E-state index contributed by atoms with van der Waals surface area (Å²) in [4.78, 5) is 22.3. The minimum absolute atomic E-state index is 0.160. The van der Waals surface area contributed by atoms with Gasteiger partial charge in [0.15, 0.2) is 5.82 Å². The fourth-order valence-electron chi connectivity index (χ4n) is 1.77. The maximum atomic E-state index is 12.3. The average Bonchev–Trinajstić information content (AvgIpc) is 2.84. The van der Waals surface area contributed by atoms with Gasteiger partial charge in [0.05, 0.1) is 6.54 Å². The maximum Gasteiger partial charge on any atom is 0.272 e. The highest BCUT2D eigenvalue weighted by Crippen LogP contribution is 2.08. The lowest BCUT2D eigenvalue weighted by atomic mass is 10.3. The van der Waals surface area contributed by atoms with E-state index in [1.165, 1.54) is 0 Å². The third-order valence-corrected chi connectivity index (χ3v) is 2.69. The number of nitrogens with zero attached hydrogens (tertiary/aromatic N) is 4. The molecule has 106 valence electrons. The maximum absolute atomic E-state index is 12.3. The highest BCUT2D eigenvalue weighted by atomic mass is 16.2. The summed E-state index contributed by atoms with van der Waals surface area (Å²) >= 11 is 0. The van der Waals surface area contributed by atoms with Gasteiger partial charge in [0.25, 0.3) is 5.91 Å². The van der Waals surface area contributed by atoms with Gasteiger partial charge in [-0.05, 0) is 26.0 Å². The topological polar surface area (TPSA) is 86.8 Å². The molecule has 2 aromatic heterocycles. The first-order valence-corrected chi connectivity index (χ1v) is 6.44. The molecular formula is C13H18N6O. The Morgan fingerprint density at radius 2 is 2.20 bits per heavy atom. The molecule has 2 N–H and O–H groups in total. The Kier molecular flexibility index (Phi) is 4.29. The van der Waals surface area contributed by atoms with E-state index in [4.69, 9.17) is 0 Å². The number of aryl methyl sites for hydroxylation is 1. The summed E-state index contributed by atoms with van der Waals surface area (Å²) in [5.41, 5.74) is 0.401. The molecule has 2 aromatic rings. The highest BCUT2D eigenvalue weighted by Gasteiger charge is 2.15. The molecule has 0 aliphatic rings. The van der Waals surface area contributed by atoms with E-state index in [-0.39, 0.29) is 5.91 Å². The number of rotatable bonds is 5. The third-order valence-electron chi connectivity index (χ3n) is 2.69. The standard InChI is InChI=1S/C13H18N6O/c1-4-14-11-7-5-6-10(16-11)13(20)19(3)8-12-15-9(2)17-18-12/h5-7H,4,8H2,1-3H3,(H,14,16)(H,15,17,18). The number of carbonyl (C=O) groups excluding carboxylic acids is 1. The molecule has 0 aromatic carbocycles. The zero-order valence-electron chi connectivity index (χ0n) is 11.8. The Balaban J connectivity index is 2.07. The SMILES string of the molecule is CCNc1cccc(C(=O)N(C)Cc2n[nH]c(C)n2)n1. The van der Waals surface area contributed by atoms with Gasteiger partial charge in [-0.3, -0.25) is 9.89 Å². The molecule has 0 aliphatic carbocycles. The number of hydrogen-bond donors (Lipinski definition) is 2. The van der Waals surface area contributed by atoms with Crippen LogP contribution in [0.5, 0.6) is 0 Å². The number of H-pyrrole nitrogens is 1. The van der Waals surface area contributed by atoms with E-state index in [0.29, 0.717) is 23.9 Å². The number of nitrogens with one attached hydrogen (secondary N) is 2. The van der Waals surface area contributed by atoms with Crippen LogP contribution in [0.15, 0.2) is 18.2 Å². The second kappa shape index (κ2) is 6.14. The van der Waals surface area contributed by atoms with Crippen LogP contribution >= 0.6 is 0 Å². The zero-order chi connectivity index (χ0) is 14.5. The molecule has 2 rings (SSSR count). The van der Waals surface area contributed by atoms with Crippen molar-refractivity contribution in [3.05, 3.63) is 35.5 Å². The smallest absolute Gasteiger partial charge is 0.272 e. The summed E-state index contributed by atoms with van der Waals surface area (Å²) in [6.07, 6.45) is 0. The molecule has 0 atom stereocenters. The van der Waals surface area contributed by atoms with Gasteiger partial charge >= 0.3 is 0 Å². The summed E-state index contributed by atoms with van der Waals surface area (Å²) < 4.78 is 0. The average molecular weight is 274 g/mol. The van der Waals surface area contributed by atoms with Gasteiger partial charge in [-0.25, -0.2) is 9.97 Å². The molecule has 20 heavy (non-hydrogen) atoms. The van der Waals surface area contributed by atoms with Crippen LogP contribution in [0.3, 0.4) is 0 Å². The van der Waals surface area contributed by atoms with Gasteiger partial charge in [-0.15, -0.1) is 0 Å². The molecule has 0 radical (unpaired) electrons. The number of anilines is 1. The Labute approximate surface area is 117 Å². The van der Waals surface area contributed by atoms with Crippen molar-refractivity contribution in [2.45, 2.75) is 20.4 Å². The Morgan fingerprint density at radius 3 is 2.85 bits per heavy atom. The van der Waals surface area contributed by atoms with Crippen LogP contribution in [-0.2, 0) is 6.54 Å². The molecule has 0 bridgehead atoms. The molecule has 0 saturated heterocycles. The number of aromatic nitrogens is 4. The van der Waals surface area contributed by atoms with Crippen molar-refractivity contribution in [2.24, 2.45) is 0 Å². The Morgan fingerprint density at radius 1 is 1.40 bits per heavy atom. The lowest BCUT2D eigenvalue weighted by molar-refractivity contribution is 0.0776. The fraction of sp³-hybridized carbons (Fsp3) is 0.385. The summed E-state index contributed by atoms with van der Waals surface area (Å²) in [6, 6.07) is 5.34. The van der Waals surface area contributed by atoms with E-state index in [1.54, 1.807) is 18.0 Å². The molecule has 0 saturated carbocycles. The van der Waals surface area contributed by atoms with Gasteiger partial charge in [-0.2, -0.15) is 5.10 Å². The summed E-state index contributed by atoms with van der Waals surface area (Å²) in [5.74, 6) is 1.85. The van der Waals surface area contributed by atoms with E-state index in [2.05, 4.69) is 25.5 Å². The van der Waals surface area contributed by atoms with E-state index >= 15 is 0 Å². The van der Waals surface area contributed by atoms with E-state index in [0.717, 1.165) is 12.4 Å². The van der Waals surface area contributed by atoms with Crippen LogP contribution in [0, 0.1) is 6.92 Å². The zero-order valence-corrected chi connectivity index (χ0v) is 11.8. The summed E-state index contributed by atoms with van der Waals surface area (Å²) in [5, 5.41) is 9.85. The first kappa shape index (κ1) is 14.0. The molecule has 0 unspecified atom stereocenters. The number of hydrogen-bond acceptors (Lipinski definition) is 5. The first-order chi connectivity index (χ1) is 9.60. The van der Waals surface area contributed by atoms with Crippen molar-refractivity contribution in [1.82, 2.24) is 25.1 Å². The molecule has 1 amide bonds. The van der Waals surface area contributed by atoms with Gasteiger partial charge < -0.3 is 10.2 Å². The quantitative estimate of drug-likeness (QED) is 0.856. The minimum Gasteiger partial charge on any atom is -0.370 e. The first-order valence-electron chi connectivity index (χ1n) is 6.44. The van der Waals surface area contributed by atoms with Gasteiger partial charge in [0, 0.05) is 13.6 Å². The predicted molar refractivity (Wildman–Crippen MR) is 75.3 cm³/mol. The third kappa shape index (κ3) is 3.31. The minimum atomic E-state index is -0.160. The number of carbonyl (C=O) groups is 1. The summed E-state index contributed by atoms with van der Waals surface area (Å²) in [6.45, 7) is 4.90. The van der Waals surface area contributed by atoms with Crippen LogP contribution < -0.4 is 5.32 Å². The van der Waals surface area contributed by atoms with Crippen LogP contribution in [0.2, 0.25) is 0 Å². The number of aromatic amines is 1. The Hall–Kier alpha value is -2.44. The van der Waals surface area contributed by atoms with Gasteiger partial charge in [-0.1, -0.05) is 6.07 Å². The molecule has 0 spiro atoms. The molecule has 0 aliphatic heterocycles. The molecule has 7 heteroatoms. The van der Waals surface area contributed by atoms with Crippen molar-refractivity contribution >= 4 is 11.7 Å². The van der Waals surface area contributed by atoms with Crippen molar-refractivity contribution in [3.8, 4) is 0 Å². The lowest BCUT2D eigenvalue weighted by Gasteiger charge is -2.15. The fourth-order valence-corrected chi connectivity index (χ4v) is 1.77. The normalized spacial score (nSPS) is 10.3. The lowest BCUT2D eigenvalue weighted by Crippen LogP contribution is -2.27. The van der Waals surface area contributed by atoms with Crippen molar-refractivity contribution in [1.29, 1.82) is 0 Å². The summed E-state index contributed by atoms with van der Waals surface area (Å²) in [7, 11) is 1.70. The van der Waals surface area contributed by atoms with E-state index < -0.39 is 0 Å². The van der Waals surface area contributed by atoms with Crippen molar-refractivity contribution in [3.63, 3.8) is 0 Å². The predicted octanol–water partition coefficient (Wildman–Crippen LogP) is 1.21. The van der Waals surface area contributed by atoms with Crippen molar-refractivity contribution in [2.75, 3.05) is 18.9 Å². The van der Waals surface area contributed by atoms with Gasteiger partial charge in [0.1, 0.15) is 17.3 Å². The van der Waals surface area contributed by atoms with Crippen LogP contribution in [0.25, 0.3) is 0 Å². The van der Waals surface area contributed by atoms with Crippen LogP contribution in [0.1, 0.15) is 29.1 Å². The molecule has 2 heterocycles. The number of pyridine rings is 1. The molecular weight excluding hydrogens is 256 g/mol. The molecule has 7 nitrogen and oxygen atoms in total. The van der Waals surface area contributed by atoms with E-state index in [9.17, 15) is 4.79 Å². The second-order valence-corrected chi connectivity index (χ2v) is 4.44. The highest BCUT2D eigenvalue weighted by molar-refractivity contribution is 5.92. The number of amides is 1. The monoisotopic (exact) mass is 274 g/mol. The molecule has 0 fully saturated rings. The van der Waals surface area contributed by atoms with Crippen LogP contribution in [-0.4, -0.2) is 44.6 Å². The second-order valence-electron chi connectivity index (χ2n) is 4.44. The van der Waals surface area contributed by atoms with Gasteiger partial charge in [0.2, 0.25) is 0 Å². The van der Waals surface area contributed by atoms with E-state index in [1.807, 2.05) is 26.0 Å². The van der Waals surface area contributed by atoms with Crippen LogP contribution in [0.4, 0.5) is 5.82 Å². The Bertz CT molecular complexity index is 594. The van der Waals surface area contributed by atoms with Crippen molar-refractivity contribution < 1.29 is 4.79 Å². The largest absolute Gasteiger partial charge is 0.370 e.